The Labute approximate surface area is 135 Å². The third-order valence-electron chi connectivity index (χ3n) is 3.83. The Hall–Kier alpha value is -1.90. The van der Waals surface area contributed by atoms with Gasteiger partial charge in [0.15, 0.2) is 0 Å². The van der Waals surface area contributed by atoms with Crippen LogP contribution in [0.25, 0.3) is 0 Å². The number of ether oxygens (including phenoxy) is 1. The maximum Gasteiger partial charge on any atom is 0.243 e. The second-order valence-electron chi connectivity index (χ2n) is 5.40. The van der Waals surface area contributed by atoms with Gasteiger partial charge < -0.3 is 14.6 Å². The number of sulfonamides is 1. The summed E-state index contributed by atoms with van der Waals surface area (Å²) in [4.78, 5) is 9.56. The lowest BCUT2D eigenvalue weighted by Crippen LogP contribution is -2.40. The van der Waals surface area contributed by atoms with E-state index in [0.29, 0.717) is 37.7 Å². The Morgan fingerprint density at radius 1 is 1.26 bits per heavy atom. The van der Waals surface area contributed by atoms with Crippen LogP contribution >= 0.6 is 0 Å². The predicted molar refractivity (Wildman–Crippen MR) is 86.7 cm³/mol. The molecule has 0 atom stereocenters. The number of H-pyrrole nitrogens is 1. The quantitative estimate of drug-likeness (QED) is 0.883. The average molecular weight is 336 g/mol. The van der Waals surface area contributed by atoms with E-state index in [2.05, 4.69) is 9.97 Å². The fourth-order valence-electron chi connectivity index (χ4n) is 2.51. The van der Waals surface area contributed by atoms with Crippen LogP contribution in [0.2, 0.25) is 0 Å². The molecule has 124 valence electrons. The number of aromatic nitrogens is 2. The van der Waals surface area contributed by atoms with E-state index in [1.54, 1.807) is 24.5 Å². The number of aromatic amines is 1. The van der Waals surface area contributed by atoms with Crippen LogP contribution in [0, 0.1) is 0 Å². The first kappa shape index (κ1) is 16.0. The van der Waals surface area contributed by atoms with Crippen molar-refractivity contribution >= 4 is 15.7 Å². The number of benzene rings is 1. The molecule has 1 fully saturated rings. The summed E-state index contributed by atoms with van der Waals surface area (Å²) in [6, 6.07) is 6.93. The van der Waals surface area contributed by atoms with Crippen molar-refractivity contribution in [3.8, 4) is 0 Å². The van der Waals surface area contributed by atoms with Gasteiger partial charge in [0.1, 0.15) is 5.82 Å². The standard InChI is InChI=1S/C15H20N4O3S/c1-18(12-15-16-6-7-17-15)13-2-4-14(5-3-13)23(20,21)19-8-10-22-11-9-19/h2-7H,8-12H2,1H3,(H,16,17). The molecule has 1 aromatic heterocycles. The Morgan fingerprint density at radius 3 is 2.57 bits per heavy atom. The van der Waals surface area contributed by atoms with Gasteiger partial charge in [-0.05, 0) is 24.3 Å². The van der Waals surface area contributed by atoms with Crippen molar-refractivity contribution in [2.75, 3.05) is 38.3 Å². The van der Waals surface area contributed by atoms with Gasteiger partial charge in [-0.1, -0.05) is 0 Å². The van der Waals surface area contributed by atoms with Crippen molar-refractivity contribution < 1.29 is 13.2 Å². The van der Waals surface area contributed by atoms with E-state index in [4.69, 9.17) is 4.74 Å². The minimum Gasteiger partial charge on any atom is -0.379 e. The molecular formula is C15H20N4O3S. The molecule has 0 spiro atoms. The molecule has 1 aliphatic heterocycles. The summed E-state index contributed by atoms with van der Waals surface area (Å²) in [5, 5.41) is 0. The Bertz CT molecular complexity index is 723. The minimum absolute atomic E-state index is 0.314. The summed E-state index contributed by atoms with van der Waals surface area (Å²) in [6.07, 6.45) is 3.49. The van der Waals surface area contributed by atoms with Gasteiger partial charge in [0.25, 0.3) is 0 Å². The SMILES string of the molecule is CN(Cc1ncc[nH]1)c1ccc(S(=O)(=O)N2CCOCC2)cc1. The topological polar surface area (TPSA) is 78.5 Å². The fourth-order valence-corrected chi connectivity index (χ4v) is 3.92. The zero-order chi connectivity index (χ0) is 16.3. The van der Waals surface area contributed by atoms with E-state index in [1.807, 2.05) is 24.1 Å². The highest BCUT2D eigenvalue weighted by Crippen LogP contribution is 2.21. The van der Waals surface area contributed by atoms with Gasteiger partial charge in [-0.15, -0.1) is 0 Å². The van der Waals surface area contributed by atoms with Crippen molar-refractivity contribution in [1.82, 2.24) is 14.3 Å². The second-order valence-corrected chi connectivity index (χ2v) is 7.34. The molecule has 1 saturated heterocycles. The molecule has 23 heavy (non-hydrogen) atoms. The third kappa shape index (κ3) is 3.54. The van der Waals surface area contributed by atoms with Crippen molar-refractivity contribution in [3.05, 3.63) is 42.5 Å². The Kier molecular flexibility index (Phi) is 4.65. The van der Waals surface area contributed by atoms with E-state index in [-0.39, 0.29) is 0 Å². The molecule has 7 nitrogen and oxygen atoms in total. The molecule has 3 rings (SSSR count). The van der Waals surface area contributed by atoms with Gasteiger partial charge in [-0.2, -0.15) is 4.31 Å². The molecule has 0 saturated carbocycles. The Morgan fingerprint density at radius 2 is 1.96 bits per heavy atom. The molecule has 0 amide bonds. The summed E-state index contributed by atoms with van der Waals surface area (Å²) in [7, 11) is -1.50. The molecule has 0 bridgehead atoms. The van der Waals surface area contributed by atoms with Crippen LogP contribution in [0.3, 0.4) is 0 Å². The van der Waals surface area contributed by atoms with Gasteiger partial charge >= 0.3 is 0 Å². The molecule has 1 aromatic carbocycles. The molecule has 0 radical (unpaired) electrons. The monoisotopic (exact) mass is 336 g/mol. The molecule has 1 N–H and O–H groups in total. The molecule has 8 heteroatoms. The van der Waals surface area contributed by atoms with Crippen molar-refractivity contribution in [1.29, 1.82) is 0 Å². The smallest absolute Gasteiger partial charge is 0.243 e. The normalized spacial score (nSPS) is 16.4. The number of morpholine rings is 1. The van der Waals surface area contributed by atoms with Crippen molar-refractivity contribution in [2.45, 2.75) is 11.4 Å². The van der Waals surface area contributed by atoms with E-state index in [9.17, 15) is 8.42 Å². The summed E-state index contributed by atoms with van der Waals surface area (Å²) in [5.41, 5.74) is 0.933. The van der Waals surface area contributed by atoms with Gasteiger partial charge in [0.05, 0.1) is 24.7 Å². The number of rotatable bonds is 5. The molecule has 0 unspecified atom stereocenters. The summed E-state index contributed by atoms with van der Waals surface area (Å²) >= 11 is 0. The van der Waals surface area contributed by atoms with Gasteiger partial charge in [-0.3, -0.25) is 0 Å². The van der Waals surface area contributed by atoms with E-state index in [0.717, 1.165) is 11.5 Å². The van der Waals surface area contributed by atoms with Crippen LogP contribution in [-0.2, 0) is 21.3 Å². The lowest BCUT2D eigenvalue weighted by molar-refractivity contribution is 0.0730. The lowest BCUT2D eigenvalue weighted by atomic mass is 10.3. The van der Waals surface area contributed by atoms with Crippen molar-refractivity contribution in [2.24, 2.45) is 0 Å². The highest BCUT2D eigenvalue weighted by Gasteiger charge is 2.26. The lowest BCUT2D eigenvalue weighted by Gasteiger charge is -2.26. The zero-order valence-electron chi connectivity index (χ0n) is 13.0. The Balaban J connectivity index is 1.73. The first-order valence-electron chi connectivity index (χ1n) is 7.45. The maximum atomic E-state index is 12.6. The van der Waals surface area contributed by atoms with E-state index in [1.165, 1.54) is 4.31 Å². The number of hydrogen-bond acceptors (Lipinski definition) is 5. The first-order valence-corrected chi connectivity index (χ1v) is 8.89. The maximum absolute atomic E-state index is 12.6. The van der Waals surface area contributed by atoms with Crippen LogP contribution in [0.5, 0.6) is 0 Å². The van der Waals surface area contributed by atoms with Crippen molar-refractivity contribution in [3.63, 3.8) is 0 Å². The molecule has 2 heterocycles. The fraction of sp³-hybridized carbons (Fsp3) is 0.400. The summed E-state index contributed by atoms with van der Waals surface area (Å²) in [6.45, 7) is 2.33. The van der Waals surface area contributed by atoms with Gasteiger partial charge in [0, 0.05) is 38.2 Å². The van der Waals surface area contributed by atoms with Crippen LogP contribution in [0.15, 0.2) is 41.6 Å². The van der Waals surface area contributed by atoms with Crippen LogP contribution in [-0.4, -0.2) is 56.0 Å². The van der Waals surface area contributed by atoms with Crippen LogP contribution in [0.4, 0.5) is 5.69 Å². The highest BCUT2D eigenvalue weighted by atomic mass is 32.2. The second kappa shape index (κ2) is 6.69. The minimum atomic E-state index is -3.44. The number of hydrogen-bond donors (Lipinski definition) is 1. The van der Waals surface area contributed by atoms with E-state index < -0.39 is 10.0 Å². The third-order valence-corrected chi connectivity index (χ3v) is 5.74. The first-order chi connectivity index (χ1) is 11.1. The summed E-state index contributed by atoms with van der Waals surface area (Å²) < 4.78 is 31.8. The number of anilines is 1. The molecular weight excluding hydrogens is 316 g/mol. The highest BCUT2D eigenvalue weighted by molar-refractivity contribution is 7.89. The average Bonchev–Trinajstić information content (AvgIpc) is 3.09. The summed E-state index contributed by atoms with van der Waals surface area (Å²) in [5.74, 6) is 0.859. The molecule has 1 aliphatic rings. The van der Waals surface area contributed by atoms with Crippen LogP contribution in [0.1, 0.15) is 5.82 Å². The number of nitrogens with zero attached hydrogens (tertiary/aromatic N) is 3. The van der Waals surface area contributed by atoms with E-state index >= 15 is 0 Å². The zero-order valence-corrected chi connectivity index (χ0v) is 13.8. The molecule has 0 aliphatic carbocycles. The number of nitrogens with one attached hydrogen (secondary N) is 1. The molecule has 2 aromatic rings. The largest absolute Gasteiger partial charge is 0.379 e. The van der Waals surface area contributed by atoms with Crippen LogP contribution < -0.4 is 4.90 Å². The van der Waals surface area contributed by atoms with Gasteiger partial charge in [-0.25, -0.2) is 13.4 Å². The number of imidazole rings is 1. The predicted octanol–water partition coefficient (Wildman–Crippen LogP) is 1.07. The van der Waals surface area contributed by atoms with Gasteiger partial charge in [0.2, 0.25) is 10.0 Å².